The van der Waals surface area contributed by atoms with E-state index in [1.165, 1.54) is 0 Å². The summed E-state index contributed by atoms with van der Waals surface area (Å²) in [4.78, 5) is 15.0. The summed E-state index contributed by atoms with van der Waals surface area (Å²) < 4.78 is 47.7. The van der Waals surface area contributed by atoms with Crippen molar-refractivity contribution in [2.45, 2.75) is 45.5 Å². The van der Waals surface area contributed by atoms with Crippen LogP contribution in [0.4, 0.5) is 18.0 Å². The van der Waals surface area contributed by atoms with Crippen molar-refractivity contribution in [1.29, 1.82) is 0 Å². The Morgan fingerprint density at radius 3 is 2.48 bits per heavy atom. The van der Waals surface area contributed by atoms with E-state index in [-0.39, 0.29) is 17.5 Å². The number of hydrogen-bond acceptors (Lipinski definition) is 4. The Labute approximate surface area is 137 Å². The molecule has 0 fully saturated rings. The minimum atomic E-state index is -4.53. The van der Waals surface area contributed by atoms with Gasteiger partial charge < -0.3 is 14.8 Å². The smallest absolute Gasteiger partial charge is 0.417 e. The van der Waals surface area contributed by atoms with Crippen LogP contribution in [0.1, 0.15) is 33.3 Å². The van der Waals surface area contributed by atoms with E-state index in [4.69, 9.17) is 21.1 Å². The Morgan fingerprint density at radius 1 is 1.39 bits per heavy atom. The first-order valence-corrected chi connectivity index (χ1v) is 7.10. The normalized spacial score (nSPS) is 13.4. The van der Waals surface area contributed by atoms with E-state index in [0.717, 1.165) is 6.07 Å². The van der Waals surface area contributed by atoms with Gasteiger partial charge in [-0.25, -0.2) is 9.78 Å². The fourth-order valence-electron chi connectivity index (χ4n) is 1.43. The third-order valence-electron chi connectivity index (χ3n) is 2.37. The van der Waals surface area contributed by atoms with Crippen LogP contribution in [0, 0.1) is 0 Å². The van der Waals surface area contributed by atoms with Crippen molar-refractivity contribution in [2.75, 3.05) is 6.61 Å². The fourth-order valence-corrected chi connectivity index (χ4v) is 1.64. The molecule has 9 heteroatoms. The van der Waals surface area contributed by atoms with Crippen molar-refractivity contribution in [3.63, 3.8) is 0 Å². The van der Waals surface area contributed by atoms with Crippen molar-refractivity contribution < 1.29 is 27.4 Å². The van der Waals surface area contributed by atoms with E-state index in [0.29, 0.717) is 6.20 Å². The molecule has 0 aliphatic carbocycles. The summed E-state index contributed by atoms with van der Waals surface area (Å²) in [6.07, 6.45) is -5.17. The van der Waals surface area contributed by atoms with Crippen LogP contribution in [-0.4, -0.2) is 29.3 Å². The number of halogens is 4. The zero-order valence-corrected chi connectivity index (χ0v) is 13.9. The standard InChI is InChI=1S/C14H18ClF3N2O3/c1-8(7-22-12(21)20-13(2,3)4)23-11-10(15)5-9(6-19-11)14(16,17)18/h5-6,8H,7H2,1-4H3,(H,20,21)/t8-/m1/s1. The lowest BCUT2D eigenvalue weighted by Gasteiger charge is -2.21. The van der Waals surface area contributed by atoms with Gasteiger partial charge in [0.15, 0.2) is 0 Å². The zero-order valence-electron chi connectivity index (χ0n) is 13.1. The number of rotatable bonds is 4. The maximum absolute atomic E-state index is 12.5. The van der Waals surface area contributed by atoms with E-state index < -0.39 is 29.5 Å². The zero-order chi connectivity index (χ0) is 17.8. The predicted octanol–water partition coefficient (Wildman–Crippen LogP) is 4.05. The van der Waals surface area contributed by atoms with Gasteiger partial charge in [-0.15, -0.1) is 0 Å². The van der Waals surface area contributed by atoms with Gasteiger partial charge in [0.1, 0.15) is 17.7 Å². The monoisotopic (exact) mass is 354 g/mol. The molecular formula is C14H18ClF3N2O3. The first-order chi connectivity index (χ1) is 10.4. The van der Waals surface area contributed by atoms with Crippen molar-refractivity contribution in [3.8, 4) is 5.88 Å². The van der Waals surface area contributed by atoms with E-state index in [2.05, 4.69) is 10.3 Å². The number of nitrogens with zero attached hydrogens (tertiary/aromatic N) is 1. The molecule has 0 unspecified atom stereocenters. The number of carbonyl (C=O) groups is 1. The number of hydrogen-bond donors (Lipinski definition) is 1. The Bertz CT molecular complexity index is 559. The number of pyridine rings is 1. The third kappa shape index (κ3) is 6.94. The SMILES string of the molecule is C[C@H](COC(=O)NC(C)(C)C)Oc1ncc(C(F)(F)F)cc1Cl. The molecule has 0 aliphatic heterocycles. The van der Waals surface area contributed by atoms with E-state index in [9.17, 15) is 18.0 Å². The van der Waals surface area contributed by atoms with E-state index in [1.807, 2.05) is 0 Å². The largest absolute Gasteiger partial charge is 0.470 e. The minimum Gasteiger partial charge on any atom is -0.470 e. The fraction of sp³-hybridized carbons (Fsp3) is 0.571. The van der Waals surface area contributed by atoms with Gasteiger partial charge in [-0.05, 0) is 33.8 Å². The molecule has 0 radical (unpaired) electrons. The van der Waals surface area contributed by atoms with Gasteiger partial charge in [0.25, 0.3) is 0 Å². The average molecular weight is 355 g/mol. The second-order valence-electron chi connectivity index (χ2n) is 5.91. The van der Waals surface area contributed by atoms with Gasteiger partial charge >= 0.3 is 12.3 Å². The molecule has 1 atom stereocenters. The highest BCUT2D eigenvalue weighted by Gasteiger charge is 2.32. The molecule has 23 heavy (non-hydrogen) atoms. The number of aromatic nitrogens is 1. The van der Waals surface area contributed by atoms with Crippen molar-refractivity contribution >= 4 is 17.7 Å². The Morgan fingerprint density at radius 2 is 2.00 bits per heavy atom. The molecule has 0 saturated heterocycles. The summed E-state index contributed by atoms with van der Waals surface area (Å²) in [5, 5.41) is 2.32. The van der Waals surface area contributed by atoms with Gasteiger partial charge in [-0.2, -0.15) is 13.2 Å². The molecule has 1 heterocycles. The maximum Gasteiger partial charge on any atom is 0.417 e. The molecule has 130 valence electrons. The Hall–Kier alpha value is -1.70. The van der Waals surface area contributed by atoms with Crippen LogP contribution in [0.15, 0.2) is 12.3 Å². The lowest BCUT2D eigenvalue weighted by Crippen LogP contribution is -2.41. The lowest BCUT2D eigenvalue weighted by atomic mass is 10.1. The summed E-state index contributed by atoms with van der Waals surface area (Å²) in [6, 6.07) is 0.726. The first kappa shape index (κ1) is 19.3. The molecule has 1 rings (SSSR count). The van der Waals surface area contributed by atoms with Crippen LogP contribution in [0.3, 0.4) is 0 Å². The number of carbonyl (C=O) groups excluding carboxylic acids is 1. The minimum absolute atomic E-state index is 0.110. The first-order valence-electron chi connectivity index (χ1n) is 6.73. The van der Waals surface area contributed by atoms with Crippen molar-refractivity contribution in [1.82, 2.24) is 10.3 Å². The molecule has 0 bridgehead atoms. The molecule has 1 N–H and O–H groups in total. The number of amides is 1. The van der Waals surface area contributed by atoms with Crippen LogP contribution in [-0.2, 0) is 10.9 Å². The Balaban J connectivity index is 2.58. The number of alkyl carbamates (subject to hydrolysis) is 1. The van der Waals surface area contributed by atoms with Crippen molar-refractivity contribution in [2.24, 2.45) is 0 Å². The number of alkyl halides is 3. The summed E-state index contributed by atoms with van der Waals surface area (Å²) in [7, 11) is 0. The average Bonchev–Trinajstić information content (AvgIpc) is 2.35. The number of nitrogens with one attached hydrogen (secondary N) is 1. The molecule has 5 nitrogen and oxygen atoms in total. The summed E-state index contributed by atoms with van der Waals surface area (Å²) in [6.45, 7) is 6.83. The van der Waals surface area contributed by atoms with Gasteiger partial charge in [0.05, 0.1) is 5.56 Å². The lowest BCUT2D eigenvalue weighted by molar-refractivity contribution is -0.137. The summed E-state index contributed by atoms with van der Waals surface area (Å²) in [5.74, 6) is -0.160. The van der Waals surface area contributed by atoms with Crippen LogP contribution in [0.2, 0.25) is 5.02 Å². The van der Waals surface area contributed by atoms with Gasteiger partial charge in [-0.1, -0.05) is 11.6 Å². The highest BCUT2D eigenvalue weighted by Crippen LogP contribution is 2.33. The van der Waals surface area contributed by atoms with Gasteiger partial charge in [0.2, 0.25) is 5.88 Å². The van der Waals surface area contributed by atoms with E-state index >= 15 is 0 Å². The van der Waals surface area contributed by atoms with Gasteiger partial charge in [0, 0.05) is 11.7 Å². The molecule has 0 saturated carbocycles. The van der Waals surface area contributed by atoms with Crippen LogP contribution in [0.25, 0.3) is 0 Å². The van der Waals surface area contributed by atoms with Crippen LogP contribution in [0.5, 0.6) is 5.88 Å². The number of ether oxygens (including phenoxy) is 2. The highest BCUT2D eigenvalue weighted by atomic mass is 35.5. The Kier molecular flexibility index (Phi) is 6.10. The predicted molar refractivity (Wildman–Crippen MR) is 78.6 cm³/mol. The van der Waals surface area contributed by atoms with Crippen LogP contribution < -0.4 is 10.1 Å². The molecule has 1 aromatic heterocycles. The topological polar surface area (TPSA) is 60.5 Å². The molecule has 1 aromatic rings. The van der Waals surface area contributed by atoms with Gasteiger partial charge in [-0.3, -0.25) is 0 Å². The molecular weight excluding hydrogens is 337 g/mol. The maximum atomic E-state index is 12.5. The van der Waals surface area contributed by atoms with E-state index in [1.54, 1.807) is 27.7 Å². The second-order valence-corrected chi connectivity index (χ2v) is 6.32. The summed E-state index contributed by atoms with van der Waals surface area (Å²) >= 11 is 5.72. The van der Waals surface area contributed by atoms with Crippen LogP contribution >= 0.6 is 11.6 Å². The second kappa shape index (κ2) is 7.25. The molecule has 0 aromatic carbocycles. The highest BCUT2D eigenvalue weighted by molar-refractivity contribution is 6.31. The molecule has 1 amide bonds. The van der Waals surface area contributed by atoms with Crippen molar-refractivity contribution in [3.05, 3.63) is 22.8 Å². The third-order valence-corrected chi connectivity index (χ3v) is 2.64. The summed E-state index contributed by atoms with van der Waals surface area (Å²) in [5.41, 5.74) is -1.41. The molecule has 0 spiro atoms. The quantitative estimate of drug-likeness (QED) is 0.886. The molecule has 0 aliphatic rings.